The molecule has 0 radical (unpaired) electrons. The smallest absolute Gasteiger partial charge is 0.195 e. The fourth-order valence-corrected chi connectivity index (χ4v) is 11.5. The van der Waals surface area contributed by atoms with E-state index in [0.29, 0.717) is 42.6 Å². The largest absolute Gasteiger partial charge is 0.456 e. The monoisotopic (exact) mass is 798 g/mol. The highest BCUT2D eigenvalue weighted by atomic mass is 32.1. The molecule has 4 heteroatoms. The predicted octanol–water partition coefficient (Wildman–Crippen LogP) is 16.0. The number of hydrogen-bond donors (Lipinski definition) is 0. The highest BCUT2D eigenvalue weighted by Crippen LogP contribution is 2.57. The van der Waals surface area contributed by atoms with E-state index in [9.17, 15) is 2.74 Å². The van der Waals surface area contributed by atoms with Gasteiger partial charge in [0.2, 0.25) is 0 Å². The van der Waals surface area contributed by atoms with Gasteiger partial charge in [-0.05, 0) is 132 Å². The van der Waals surface area contributed by atoms with Gasteiger partial charge in [-0.15, -0.1) is 0 Å². The van der Waals surface area contributed by atoms with Gasteiger partial charge in [-0.2, -0.15) is 0 Å². The van der Waals surface area contributed by atoms with Crippen LogP contribution in [-0.2, 0) is 10.8 Å². The van der Waals surface area contributed by atoms with Crippen LogP contribution in [0.5, 0.6) is 11.5 Å². The minimum absolute atomic E-state index is 0.0248. The number of benzene rings is 6. The number of para-hydroxylation sites is 2. The third kappa shape index (κ3) is 5.62. The van der Waals surface area contributed by atoms with Crippen molar-refractivity contribution in [1.82, 2.24) is 9.38 Å². The summed E-state index contributed by atoms with van der Waals surface area (Å²) < 4.78 is 83.9. The van der Waals surface area contributed by atoms with Gasteiger partial charge in [-0.25, -0.2) is 4.98 Å². The lowest BCUT2D eigenvalue weighted by atomic mass is 9.60. The Hall–Kier alpha value is -5.19. The summed E-state index contributed by atoms with van der Waals surface area (Å²) in [6, 6.07) is 35.3. The van der Waals surface area contributed by atoms with Gasteiger partial charge in [-0.3, -0.25) is 4.40 Å². The number of nitrogens with zero attached hydrogens (tertiary/aromatic N) is 2. The number of aryl methyl sites for hydroxylation is 2. The van der Waals surface area contributed by atoms with E-state index in [1.165, 1.54) is 0 Å². The van der Waals surface area contributed by atoms with Crippen molar-refractivity contribution < 1.29 is 15.7 Å². The van der Waals surface area contributed by atoms with Gasteiger partial charge in [0.25, 0.3) is 0 Å². The molecule has 0 saturated heterocycles. The third-order valence-corrected chi connectivity index (χ3v) is 15.4. The Morgan fingerprint density at radius 2 is 1.24 bits per heavy atom. The zero-order chi connectivity index (χ0) is 47.1. The van der Waals surface area contributed by atoms with Crippen LogP contribution in [0.1, 0.15) is 135 Å². The molecular weight excluding hydrogens is 737 g/mol. The fourth-order valence-electron chi connectivity index (χ4n) is 10.4. The second-order valence-electron chi connectivity index (χ2n) is 18.0. The van der Waals surface area contributed by atoms with Gasteiger partial charge in [0.1, 0.15) is 11.5 Å². The number of aromatic nitrogens is 2. The van der Waals surface area contributed by atoms with E-state index >= 15 is 0 Å². The number of fused-ring (bicyclic) bond motifs is 7. The predicted molar refractivity (Wildman–Crippen MR) is 249 cm³/mol. The Kier molecular flexibility index (Phi) is 6.75. The Morgan fingerprint density at radius 1 is 0.644 bits per heavy atom. The summed E-state index contributed by atoms with van der Waals surface area (Å²) in [5.74, 6) is -0.440. The zero-order valence-corrected chi connectivity index (χ0v) is 35.1. The van der Waals surface area contributed by atoms with Gasteiger partial charge >= 0.3 is 0 Å². The molecule has 0 atom stereocenters. The number of hydrogen-bond acceptors (Lipinski definition) is 3. The van der Waals surface area contributed by atoms with Crippen LogP contribution in [0.3, 0.4) is 0 Å². The lowest BCUT2D eigenvalue weighted by Crippen LogP contribution is -2.39. The second kappa shape index (κ2) is 13.7. The molecule has 8 aromatic rings. The molecule has 296 valence electrons. The normalized spacial score (nSPS) is 21.2. The van der Waals surface area contributed by atoms with E-state index in [4.69, 9.17) is 17.9 Å². The Morgan fingerprint density at radius 3 is 1.93 bits per heavy atom. The van der Waals surface area contributed by atoms with Crippen molar-refractivity contribution in [3.63, 3.8) is 0 Å². The van der Waals surface area contributed by atoms with Crippen LogP contribution in [0.15, 0.2) is 109 Å². The van der Waals surface area contributed by atoms with Crippen molar-refractivity contribution in [1.29, 1.82) is 0 Å². The summed E-state index contributed by atoms with van der Waals surface area (Å²) in [6.07, 6.45) is 6.39. The maximum atomic E-state index is 10.0. The van der Waals surface area contributed by atoms with Crippen LogP contribution < -0.4 is 4.74 Å². The molecule has 3 heterocycles. The highest BCUT2D eigenvalue weighted by Gasteiger charge is 2.46. The van der Waals surface area contributed by atoms with Gasteiger partial charge in [0, 0.05) is 44.0 Å². The van der Waals surface area contributed by atoms with Crippen LogP contribution >= 0.6 is 11.3 Å². The van der Waals surface area contributed by atoms with E-state index in [-0.39, 0.29) is 27.7 Å². The first-order chi connectivity index (χ1) is 31.7. The quantitative estimate of drug-likeness (QED) is 0.173. The highest BCUT2D eigenvalue weighted by molar-refractivity contribution is 7.23. The first-order valence-corrected chi connectivity index (χ1v) is 22.1. The zero-order valence-electron chi connectivity index (χ0n) is 42.3. The summed E-state index contributed by atoms with van der Waals surface area (Å²) in [5, 5.41) is 0. The maximum absolute atomic E-state index is 10.0. The summed E-state index contributed by atoms with van der Waals surface area (Å²) in [7, 11) is 0. The Balaban J connectivity index is 1.21. The Labute approximate surface area is 364 Å². The van der Waals surface area contributed by atoms with Crippen LogP contribution in [0, 0.1) is 13.7 Å². The summed E-state index contributed by atoms with van der Waals surface area (Å²) >= 11 is 1.60. The molecule has 3 nitrogen and oxygen atoms in total. The molecule has 1 aliphatic heterocycles. The number of thiazole rings is 1. The molecule has 0 unspecified atom stereocenters. The van der Waals surface area contributed by atoms with Gasteiger partial charge in [0.15, 0.2) is 4.96 Å². The van der Waals surface area contributed by atoms with E-state index in [2.05, 4.69) is 74.6 Å². The topological polar surface area (TPSA) is 26.5 Å². The molecule has 11 rings (SSSR count). The van der Waals surface area contributed by atoms with Crippen LogP contribution in [0.2, 0.25) is 0 Å². The van der Waals surface area contributed by atoms with Crippen LogP contribution in [0.4, 0.5) is 0 Å². The molecule has 2 saturated carbocycles. The number of ether oxygens (including phenoxy) is 1. The van der Waals surface area contributed by atoms with Gasteiger partial charge < -0.3 is 4.74 Å². The average molecular weight is 799 g/mol. The minimum atomic E-state index is -2.62. The molecule has 0 N–H and O–H groups in total. The van der Waals surface area contributed by atoms with Crippen LogP contribution in [-0.4, -0.2) is 9.38 Å². The molecule has 0 amide bonds. The summed E-state index contributed by atoms with van der Waals surface area (Å²) in [6.45, 7) is 3.71. The molecule has 3 aliphatic rings. The first-order valence-electron chi connectivity index (χ1n) is 25.3. The molecule has 2 fully saturated rings. The molecule has 59 heavy (non-hydrogen) atoms. The van der Waals surface area contributed by atoms with E-state index < -0.39 is 30.9 Å². The van der Waals surface area contributed by atoms with Crippen molar-refractivity contribution in [3.05, 3.63) is 143 Å². The van der Waals surface area contributed by atoms with Crippen molar-refractivity contribution in [3.8, 4) is 44.9 Å². The molecule has 0 bridgehead atoms. The summed E-state index contributed by atoms with van der Waals surface area (Å²) in [5.41, 5.74) is 8.94. The van der Waals surface area contributed by atoms with Crippen LogP contribution in [0.25, 0.3) is 59.6 Å². The molecule has 6 aromatic carbocycles. The maximum Gasteiger partial charge on any atom is 0.195 e. The summed E-state index contributed by atoms with van der Waals surface area (Å²) in [4.78, 5) is 6.10. The van der Waals surface area contributed by atoms with Crippen molar-refractivity contribution >= 4 is 37.5 Å². The SMILES string of the molecule is [2H]C([2H])([2H])c1ccc(-c2c(C3([2H])CCCC3)ccc3c2Oc2ccccc2C(C)(C)C3(C)C)cc1-c1cc(-c2c(C3([2H])CCCC3)ccc3c2nc2sc4ccccc4n23)ccc1C([2H])([2H])[2H]. The number of imidazole rings is 1. The van der Waals surface area contributed by atoms with Crippen molar-refractivity contribution in [2.45, 2.75) is 115 Å². The molecular formula is C55H54N2OS. The van der Waals surface area contributed by atoms with E-state index in [1.807, 2.05) is 54.6 Å². The van der Waals surface area contributed by atoms with Gasteiger partial charge in [0.05, 0.1) is 21.3 Å². The standard InChI is InChI=1S/C55H54N2OS/c1-33-23-25-37(49-39(35-15-7-8-16-35)28-30-46-51(49)56-53-57(46)45-20-12-14-22-48(45)59-53)31-41(33)42-32-38(26-24-34(42)2)50-40(36-17-9-10-18-36)27-29-44-52(50)58-47-21-13-11-19-43(47)54(3,4)55(44,5)6/h11-14,19-32,35-36H,7-10,15-18H2,1-6H3/i1D3,2D3,35D,36D. The number of rotatable bonds is 5. The third-order valence-electron chi connectivity index (χ3n) is 14.4. The lowest BCUT2D eigenvalue weighted by Gasteiger charge is -2.41. The lowest BCUT2D eigenvalue weighted by molar-refractivity contribution is 0.306. The molecule has 2 aliphatic carbocycles. The van der Waals surface area contributed by atoms with Crippen molar-refractivity contribution in [2.75, 3.05) is 0 Å². The Bertz CT molecular complexity index is 3310. The average Bonchev–Trinajstić information content (AvgIpc) is 4.09. The fraction of sp³-hybridized carbons (Fsp3) is 0.327. The minimum Gasteiger partial charge on any atom is -0.456 e. The second-order valence-corrected chi connectivity index (χ2v) is 19.0. The first kappa shape index (κ1) is 29.1. The van der Waals surface area contributed by atoms with E-state index in [1.54, 1.807) is 23.5 Å². The van der Waals surface area contributed by atoms with E-state index in [0.717, 1.165) is 91.0 Å². The van der Waals surface area contributed by atoms with Gasteiger partial charge in [-0.1, -0.05) is 138 Å². The molecule has 2 aromatic heterocycles. The molecule has 0 spiro atoms. The van der Waals surface area contributed by atoms with Crippen molar-refractivity contribution in [2.24, 2.45) is 0 Å².